The van der Waals surface area contributed by atoms with Gasteiger partial charge in [-0.25, -0.2) is 0 Å². The Morgan fingerprint density at radius 2 is 2.04 bits per heavy atom. The number of hydrogen-bond donors (Lipinski definition) is 1. The summed E-state index contributed by atoms with van der Waals surface area (Å²) < 4.78 is 0. The standard InChI is InChI=1S/C22H26N2O2.Na.H/c25-21(26)12-6-2-5-11-20-13-15-24(17-18-8-7-14-23-16-18)22(20)19-9-3-1-4-10-19;;/h1-5,7-10,14,16,20,22H,6,11-13,15,17H2,(H,25,26);;/q;+1;-1/b5-2-;;. The molecule has 2 unspecified atom stereocenters. The minimum Gasteiger partial charge on any atom is -1.00 e. The van der Waals surface area contributed by atoms with E-state index in [0.29, 0.717) is 18.4 Å². The van der Waals surface area contributed by atoms with Crippen molar-refractivity contribution in [2.24, 2.45) is 5.92 Å². The van der Waals surface area contributed by atoms with Gasteiger partial charge in [-0.1, -0.05) is 48.6 Å². The van der Waals surface area contributed by atoms with Crippen LogP contribution in [0.3, 0.4) is 0 Å². The maximum Gasteiger partial charge on any atom is 1.00 e. The minimum absolute atomic E-state index is 0. The number of carboxylic acids is 1. The molecule has 1 aliphatic heterocycles. The molecular formula is C22H27N2NaO2. The molecule has 0 radical (unpaired) electrons. The van der Waals surface area contributed by atoms with Crippen molar-refractivity contribution < 1.29 is 40.9 Å². The first-order valence-electron chi connectivity index (χ1n) is 9.28. The fraction of sp³-hybridized carbons (Fsp3) is 0.364. The molecule has 1 N–H and O–H groups in total. The van der Waals surface area contributed by atoms with E-state index in [2.05, 4.69) is 52.4 Å². The second kappa shape index (κ2) is 11.4. The van der Waals surface area contributed by atoms with Gasteiger partial charge in [0.1, 0.15) is 0 Å². The molecule has 4 nitrogen and oxygen atoms in total. The van der Waals surface area contributed by atoms with Crippen molar-refractivity contribution in [1.82, 2.24) is 9.88 Å². The fourth-order valence-electron chi connectivity index (χ4n) is 3.81. The molecule has 27 heavy (non-hydrogen) atoms. The number of likely N-dealkylation sites (tertiary alicyclic amines) is 1. The van der Waals surface area contributed by atoms with Crippen LogP contribution < -0.4 is 29.6 Å². The van der Waals surface area contributed by atoms with E-state index in [1.807, 2.05) is 24.5 Å². The number of benzene rings is 1. The van der Waals surface area contributed by atoms with Crippen molar-refractivity contribution in [1.29, 1.82) is 0 Å². The summed E-state index contributed by atoms with van der Waals surface area (Å²) in [5.41, 5.74) is 2.60. The van der Waals surface area contributed by atoms with Crippen LogP contribution in [-0.4, -0.2) is 27.5 Å². The molecule has 2 aromatic rings. The average molecular weight is 374 g/mol. The third kappa shape index (κ3) is 6.58. The predicted octanol–water partition coefficient (Wildman–Crippen LogP) is 1.57. The van der Waals surface area contributed by atoms with Crippen LogP contribution in [0.5, 0.6) is 0 Å². The van der Waals surface area contributed by atoms with E-state index in [9.17, 15) is 4.79 Å². The van der Waals surface area contributed by atoms with Crippen LogP contribution in [0, 0.1) is 5.92 Å². The molecule has 0 aliphatic carbocycles. The van der Waals surface area contributed by atoms with Crippen LogP contribution in [0.2, 0.25) is 0 Å². The number of rotatable bonds is 8. The summed E-state index contributed by atoms with van der Waals surface area (Å²) in [7, 11) is 0. The number of pyridine rings is 1. The van der Waals surface area contributed by atoms with Gasteiger partial charge in [-0.2, -0.15) is 0 Å². The summed E-state index contributed by atoms with van der Waals surface area (Å²) >= 11 is 0. The molecule has 0 amide bonds. The normalized spacial score (nSPS) is 19.9. The number of aromatic nitrogens is 1. The van der Waals surface area contributed by atoms with Crippen molar-refractivity contribution in [3.8, 4) is 0 Å². The molecule has 1 fully saturated rings. The number of nitrogens with zero attached hydrogens (tertiary/aromatic N) is 2. The van der Waals surface area contributed by atoms with Gasteiger partial charge in [0.2, 0.25) is 0 Å². The molecule has 0 saturated carbocycles. The van der Waals surface area contributed by atoms with Crippen molar-refractivity contribution in [3.63, 3.8) is 0 Å². The van der Waals surface area contributed by atoms with Gasteiger partial charge in [-0.05, 0) is 48.9 Å². The smallest absolute Gasteiger partial charge is 1.00 e. The first-order valence-corrected chi connectivity index (χ1v) is 9.28. The SMILES string of the molecule is O=C(O)CC/C=C\CC1CCN(Cc2cccnc2)C1c1ccccc1.[H-].[Na+]. The van der Waals surface area contributed by atoms with Crippen LogP contribution >= 0.6 is 0 Å². The summed E-state index contributed by atoms with van der Waals surface area (Å²) in [6.45, 7) is 1.98. The molecule has 1 aliphatic rings. The molecule has 1 aromatic heterocycles. The van der Waals surface area contributed by atoms with E-state index in [-0.39, 0.29) is 37.4 Å². The zero-order valence-electron chi connectivity index (χ0n) is 17.0. The van der Waals surface area contributed by atoms with Crippen molar-refractivity contribution in [3.05, 3.63) is 78.1 Å². The van der Waals surface area contributed by atoms with Gasteiger partial charge in [0, 0.05) is 31.4 Å². The Labute approximate surface area is 185 Å². The Morgan fingerprint density at radius 3 is 2.74 bits per heavy atom. The van der Waals surface area contributed by atoms with Crippen LogP contribution in [0.25, 0.3) is 0 Å². The molecule has 1 aromatic carbocycles. The number of hydrogen-bond acceptors (Lipinski definition) is 3. The van der Waals surface area contributed by atoms with E-state index < -0.39 is 5.97 Å². The first-order chi connectivity index (χ1) is 12.7. The van der Waals surface area contributed by atoms with Gasteiger partial charge in [-0.15, -0.1) is 0 Å². The maximum absolute atomic E-state index is 10.6. The topological polar surface area (TPSA) is 53.4 Å². The number of allylic oxidation sites excluding steroid dienone is 2. The van der Waals surface area contributed by atoms with Crippen LogP contribution in [0.4, 0.5) is 0 Å². The monoisotopic (exact) mass is 374 g/mol. The summed E-state index contributed by atoms with van der Waals surface area (Å²) in [4.78, 5) is 17.4. The largest absolute Gasteiger partial charge is 1.00 e. The average Bonchev–Trinajstić information content (AvgIpc) is 3.05. The van der Waals surface area contributed by atoms with E-state index in [4.69, 9.17) is 5.11 Å². The predicted molar refractivity (Wildman–Crippen MR) is 104 cm³/mol. The molecule has 138 valence electrons. The first kappa shape index (κ1) is 21.8. The van der Waals surface area contributed by atoms with Crippen molar-refractivity contribution in [2.45, 2.75) is 38.3 Å². The molecule has 5 heteroatoms. The summed E-state index contributed by atoms with van der Waals surface area (Å²) in [5.74, 6) is -0.185. The zero-order valence-corrected chi connectivity index (χ0v) is 18.0. The van der Waals surface area contributed by atoms with E-state index in [1.54, 1.807) is 0 Å². The van der Waals surface area contributed by atoms with Crippen molar-refractivity contribution >= 4 is 5.97 Å². The molecular weight excluding hydrogens is 347 g/mol. The second-order valence-corrected chi connectivity index (χ2v) is 6.88. The Kier molecular flexibility index (Phi) is 9.22. The zero-order chi connectivity index (χ0) is 18.2. The van der Waals surface area contributed by atoms with Crippen molar-refractivity contribution in [2.75, 3.05) is 6.54 Å². The molecule has 2 heterocycles. The molecule has 0 spiro atoms. The maximum atomic E-state index is 10.6. The van der Waals surface area contributed by atoms with Crippen LogP contribution in [0.15, 0.2) is 67.0 Å². The van der Waals surface area contributed by atoms with Crippen LogP contribution in [0.1, 0.15) is 44.3 Å². The van der Waals surface area contributed by atoms with Gasteiger partial charge in [-0.3, -0.25) is 14.7 Å². The quantitative estimate of drug-likeness (QED) is 0.563. The van der Waals surface area contributed by atoms with E-state index in [1.165, 1.54) is 11.1 Å². The third-order valence-corrected chi connectivity index (χ3v) is 5.01. The van der Waals surface area contributed by atoms with E-state index in [0.717, 1.165) is 25.9 Å². The molecule has 2 atom stereocenters. The molecule has 0 bridgehead atoms. The third-order valence-electron chi connectivity index (χ3n) is 5.01. The summed E-state index contributed by atoms with van der Waals surface area (Å²) in [6, 6.07) is 15.2. The molecule has 3 rings (SSSR count). The Hall–Kier alpha value is -1.46. The van der Waals surface area contributed by atoms with Crippen LogP contribution in [-0.2, 0) is 11.3 Å². The second-order valence-electron chi connectivity index (χ2n) is 6.88. The molecule has 1 saturated heterocycles. The number of aliphatic carboxylic acids is 1. The van der Waals surface area contributed by atoms with Gasteiger partial charge in [0.05, 0.1) is 0 Å². The Balaban J connectivity index is 0.00000196. The van der Waals surface area contributed by atoms with Gasteiger partial charge in [0.25, 0.3) is 0 Å². The van der Waals surface area contributed by atoms with Gasteiger partial charge < -0.3 is 6.53 Å². The van der Waals surface area contributed by atoms with Gasteiger partial charge in [0.15, 0.2) is 0 Å². The Bertz CT molecular complexity index is 728. The van der Waals surface area contributed by atoms with Gasteiger partial charge >= 0.3 is 35.5 Å². The Morgan fingerprint density at radius 1 is 1.22 bits per heavy atom. The van der Waals surface area contributed by atoms with E-state index >= 15 is 0 Å². The summed E-state index contributed by atoms with van der Waals surface area (Å²) in [5, 5.41) is 8.74. The number of carbonyl (C=O) groups is 1. The minimum atomic E-state index is -0.736. The number of carboxylic acid groups (broad SMARTS) is 1. The fourth-order valence-corrected chi connectivity index (χ4v) is 3.81. The summed E-state index contributed by atoms with van der Waals surface area (Å²) in [6.07, 6.45) is 10.9.